The number of benzene rings is 1. The molecule has 0 spiro atoms. The zero-order valence-corrected chi connectivity index (χ0v) is 7.98. The predicted octanol–water partition coefficient (Wildman–Crippen LogP) is 0.00440. The van der Waals surface area contributed by atoms with E-state index in [0.29, 0.717) is 16.0 Å². The number of carbonyl (C=O) groups excluding carboxylic acids is 3. The standard InChI is InChI=1S/C10H7NO3.H2O/c1-6(12)11-9(13)7-4-2-3-5-8(7)10(11)14;/h2-5H,1H3;1H2. The molecule has 0 bridgehead atoms. The van der Waals surface area contributed by atoms with E-state index < -0.39 is 17.7 Å². The van der Waals surface area contributed by atoms with Crippen molar-refractivity contribution in [1.82, 2.24) is 4.90 Å². The van der Waals surface area contributed by atoms with E-state index in [1.807, 2.05) is 0 Å². The fraction of sp³-hybridized carbons (Fsp3) is 0.100. The summed E-state index contributed by atoms with van der Waals surface area (Å²) in [5.41, 5.74) is 0.598. The molecule has 2 N–H and O–H groups in total. The van der Waals surface area contributed by atoms with Gasteiger partial charge in [-0.3, -0.25) is 14.4 Å². The van der Waals surface area contributed by atoms with E-state index in [2.05, 4.69) is 0 Å². The van der Waals surface area contributed by atoms with E-state index in [1.165, 1.54) is 6.92 Å². The molecule has 0 saturated carbocycles. The minimum absolute atomic E-state index is 0. The molecule has 2 rings (SSSR count). The van der Waals surface area contributed by atoms with Crippen LogP contribution in [0, 0.1) is 0 Å². The summed E-state index contributed by atoms with van der Waals surface area (Å²) in [5, 5.41) is 0. The number of imide groups is 3. The van der Waals surface area contributed by atoms with E-state index in [0.717, 1.165) is 0 Å². The number of fused-ring (bicyclic) bond motifs is 1. The van der Waals surface area contributed by atoms with Gasteiger partial charge in [0.1, 0.15) is 0 Å². The Morgan fingerprint density at radius 1 is 1.07 bits per heavy atom. The van der Waals surface area contributed by atoms with Crippen LogP contribution in [-0.2, 0) is 4.79 Å². The van der Waals surface area contributed by atoms with E-state index >= 15 is 0 Å². The van der Waals surface area contributed by atoms with Crippen molar-refractivity contribution in [2.75, 3.05) is 0 Å². The van der Waals surface area contributed by atoms with Crippen LogP contribution in [0.4, 0.5) is 0 Å². The summed E-state index contributed by atoms with van der Waals surface area (Å²) in [6.07, 6.45) is 0. The first kappa shape index (κ1) is 11.1. The predicted molar refractivity (Wildman–Crippen MR) is 51.2 cm³/mol. The number of nitrogens with zero attached hydrogens (tertiary/aromatic N) is 1. The quantitative estimate of drug-likeness (QED) is 0.561. The van der Waals surface area contributed by atoms with Crippen LogP contribution in [0.1, 0.15) is 27.6 Å². The van der Waals surface area contributed by atoms with Crippen LogP contribution in [0.3, 0.4) is 0 Å². The Balaban J connectivity index is 0.00000112. The van der Waals surface area contributed by atoms with Gasteiger partial charge in [0, 0.05) is 6.92 Å². The lowest BCUT2D eigenvalue weighted by Crippen LogP contribution is -2.33. The number of hydrogen-bond acceptors (Lipinski definition) is 3. The highest BCUT2D eigenvalue weighted by Crippen LogP contribution is 2.21. The van der Waals surface area contributed by atoms with Crippen LogP contribution in [0.2, 0.25) is 0 Å². The fourth-order valence-electron chi connectivity index (χ4n) is 1.48. The Labute approximate surface area is 85.6 Å². The van der Waals surface area contributed by atoms with E-state index in [4.69, 9.17) is 0 Å². The molecule has 15 heavy (non-hydrogen) atoms. The number of carbonyl (C=O) groups is 3. The second kappa shape index (κ2) is 3.62. The number of hydrogen-bond donors (Lipinski definition) is 0. The van der Waals surface area contributed by atoms with Gasteiger partial charge in [-0.2, -0.15) is 0 Å². The summed E-state index contributed by atoms with van der Waals surface area (Å²) in [5.74, 6) is -1.60. The molecule has 0 aliphatic carbocycles. The Morgan fingerprint density at radius 2 is 1.47 bits per heavy atom. The van der Waals surface area contributed by atoms with Gasteiger partial charge in [-0.15, -0.1) is 0 Å². The van der Waals surface area contributed by atoms with Crippen molar-refractivity contribution in [2.24, 2.45) is 0 Å². The van der Waals surface area contributed by atoms with Gasteiger partial charge in [-0.25, -0.2) is 4.90 Å². The van der Waals surface area contributed by atoms with Crippen LogP contribution in [0.15, 0.2) is 24.3 Å². The first-order valence-electron chi connectivity index (χ1n) is 4.11. The zero-order valence-electron chi connectivity index (χ0n) is 7.98. The van der Waals surface area contributed by atoms with Gasteiger partial charge in [-0.1, -0.05) is 12.1 Å². The largest absolute Gasteiger partial charge is 0.412 e. The van der Waals surface area contributed by atoms with Crippen LogP contribution >= 0.6 is 0 Å². The molecule has 1 aromatic carbocycles. The third-order valence-corrected chi connectivity index (χ3v) is 2.11. The third kappa shape index (κ3) is 1.42. The van der Waals surface area contributed by atoms with Crippen molar-refractivity contribution in [3.63, 3.8) is 0 Å². The summed E-state index contributed by atoms with van der Waals surface area (Å²) in [6, 6.07) is 6.40. The Morgan fingerprint density at radius 3 is 1.80 bits per heavy atom. The molecule has 0 fully saturated rings. The summed E-state index contributed by atoms with van der Waals surface area (Å²) in [6.45, 7) is 1.20. The van der Waals surface area contributed by atoms with Crippen molar-refractivity contribution >= 4 is 17.7 Å². The zero-order chi connectivity index (χ0) is 10.3. The lowest BCUT2D eigenvalue weighted by atomic mass is 10.1. The smallest absolute Gasteiger partial charge is 0.268 e. The van der Waals surface area contributed by atoms with E-state index in [-0.39, 0.29) is 5.48 Å². The maximum atomic E-state index is 11.5. The molecule has 0 unspecified atom stereocenters. The molecule has 1 aliphatic rings. The maximum absolute atomic E-state index is 11.5. The van der Waals surface area contributed by atoms with Crippen molar-refractivity contribution in [1.29, 1.82) is 0 Å². The number of amides is 3. The van der Waals surface area contributed by atoms with Crippen molar-refractivity contribution in [3.8, 4) is 0 Å². The molecule has 5 nitrogen and oxygen atoms in total. The molecular weight excluding hydrogens is 198 g/mol. The highest BCUT2D eigenvalue weighted by atomic mass is 16.2. The third-order valence-electron chi connectivity index (χ3n) is 2.11. The van der Waals surface area contributed by atoms with Gasteiger partial charge < -0.3 is 5.48 Å². The van der Waals surface area contributed by atoms with Gasteiger partial charge in [-0.05, 0) is 12.1 Å². The molecule has 1 aliphatic heterocycles. The average molecular weight is 207 g/mol. The maximum Gasteiger partial charge on any atom is 0.268 e. The fourth-order valence-corrected chi connectivity index (χ4v) is 1.48. The minimum Gasteiger partial charge on any atom is -0.412 e. The number of rotatable bonds is 0. The molecule has 0 atom stereocenters. The molecule has 1 aromatic rings. The van der Waals surface area contributed by atoms with Crippen LogP contribution in [0.25, 0.3) is 0 Å². The van der Waals surface area contributed by atoms with Gasteiger partial charge >= 0.3 is 0 Å². The highest BCUT2D eigenvalue weighted by molar-refractivity contribution is 6.28. The molecule has 78 valence electrons. The monoisotopic (exact) mass is 207 g/mol. The average Bonchev–Trinajstić information content (AvgIpc) is 2.41. The molecular formula is C10H9NO4. The van der Waals surface area contributed by atoms with Crippen LogP contribution in [0.5, 0.6) is 0 Å². The van der Waals surface area contributed by atoms with Gasteiger partial charge in [0.2, 0.25) is 5.91 Å². The molecule has 5 heteroatoms. The normalized spacial score (nSPS) is 13.5. The van der Waals surface area contributed by atoms with E-state index in [9.17, 15) is 14.4 Å². The van der Waals surface area contributed by atoms with Crippen LogP contribution < -0.4 is 0 Å². The van der Waals surface area contributed by atoms with E-state index in [1.54, 1.807) is 24.3 Å². The highest BCUT2D eigenvalue weighted by Gasteiger charge is 2.37. The molecule has 0 saturated heterocycles. The molecule has 0 radical (unpaired) electrons. The second-order valence-corrected chi connectivity index (χ2v) is 3.01. The Kier molecular flexibility index (Phi) is 2.67. The second-order valence-electron chi connectivity index (χ2n) is 3.01. The molecule has 1 heterocycles. The van der Waals surface area contributed by atoms with Crippen molar-refractivity contribution in [3.05, 3.63) is 35.4 Å². The van der Waals surface area contributed by atoms with Crippen LogP contribution in [-0.4, -0.2) is 28.1 Å². The minimum atomic E-state index is -0.545. The lowest BCUT2D eigenvalue weighted by Gasteiger charge is -2.06. The molecule has 0 aromatic heterocycles. The SMILES string of the molecule is CC(=O)N1C(=O)c2ccccc2C1=O.O. The van der Waals surface area contributed by atoms with Crippen molar-refractivity contribution in [2.45, 2.75) is 6.92 Å². The van der Waals surface area contributed by atoms with Gasteiger partial charge in [0.15, 0.2) is 0 Å². The summed E-state index contributed by atoms with van der Waals surface area (Å²) < 4.78 is 0. The first-order chi connectivity index (χ1) is 6.63. The topological polar surface area (TPSA) is 86.0 Å². The summed E-state index contributed by atoms with van der Waals surface area (Å²) >= 11 is 0. The van der Waals surface area contributed by atoms with Gasteiger partial charge in [0.25, 0.3) is 11.8 Å². The molecule has 3 amide bonds. The Hall–Kier alpha value is -2.01. The van der Waals surface area contributed by atoms with Crippen molar-refractivity contribution < 1.29 is 19.9 Å². The van der Waals surface area contributed by atoms with Gasteiger partial charge in [0.05, 0.1) is 11.1 Å². The lowest BCUT2D eigenvalue weighted by molar-refractivity contribution is -0.124. The first-order valence-corrected chi connectivity index (χ1v) is 4.11. The summed E-state index contributed by atoms with van der Waals surface area (Å²) in [4.78, 5) is 34.7. The summed E-state index contributed by atoms with van der Waals surface area (Å²) in [7, 11) is 0. The Bertz CT molecular complexity index is 417.